The Balaban J connectivity index is 1.77. The molecule has 2 aliphatic carbocycles. The lowest BCUT2D eigenvalue weighted by Crippen LogP contribution is -2.28. The van der Waals surface area contributed by atoms with Crippen LogP contribution in [0.2, 0.25) is 0 Å². The lowest BCUT2D eigenvalue weighted by atomic mass is 10.3. The molecule has 0 aromatic heterocycles. The van der Waals surface area contributed by atoms with Gasteiger partial charge >= 0.3 is 0 Å². The van der Waals surface area contributed by atoms with Crippen LogP contribution in [0.4, 0.5) is 0 Å². The summed E-state index contributed by atoms with van der Waals surface area (Å²) in [4.78, 5) is 2.48. The predicted molar refractivity (Wildman–Crippen MR) is 46.2 cm³/mol. The molecule has 2 saturated carbocycles. The highest BCUT2D eigenvalue weighted by molar-refractivity contribution is 4.96. The third-order valence-electron chi connectivity index (χ3n) is 2.55. The van der Waals surface area contributed by atoms with Crippen molar-refractivity contribution in [2.45, 2.75) is 31.7 Å². The van der Waals surface area contributed by atoms with Crippen molar-refractivity contribution in [3.05, 3.63) is 0 Å². The monoisotopic (exact) mass is 149 g/mol. The molecule has 1 nitrogen and oxygen atoms in total. The van der Waals surface area contributed by atoms with Crippen LogP contribution >= 0.6 is 0 Å². The first-order chi connectivity index (χ1) is 5.40. The SMILES string of the molecule is C#CCN(CC1CC1)C1CC1. The number of rotatable bonds is 4. The Morgan fingerprint density at radius 2 is 2.00 bits per heavy atom. The van der Waals surface area contributed by atoms with Crippen LogP contribution < -0.4 is 0 Å². The topological polar surface area (TPSA) is 3.24 Å². The van der Waals surface area contributed by atoms with Crippen molar-refractivity contribution in [1.82, 2.24) is 4.90 Å². The van der Waals surface area contributed by atoms with Crippen molar-refractivity contribution in [2.24, 2.45) is 5.92 Å². The quantitative estimate of drug-likeness (QED) is 0.547. The fourth-order valence-electron chi connectivity index (χ4n) is 1.53. The zero-order valence-corrected chi connectivity index (χ0v) is 6.92. The fraction of sp³-hybridized carbons (Fsp3) is 0.800. The summed E-state index contributed by atoms with van der Waals surface area (Å²) in [6.45, 7) is 2.15. The Bertz CT molecular complexity index is 172. The van der Waals surface area contributed by atoms with Crippen molar-refractivity contribution in [1.29, 1.82) is 0 Å². The first-order valence-corrected chi connectivity index (χ1v) is 4.57. The smallest absolute Gasteiger partial charge is 0.0601 e. The Morgan fingerprint density at radius 3 is 2.45 bits per heavy atom. The summed E-state index contributed by atoms with van der Waals surface area (Å²) in [6, 6.07) is 0.853. The molecule has 0 aliphatic heterocycles. The van der Waals surface area contributed by atoms with Gasteiger partial charge in [0.05, 0.1) is 6.54 Å². The van der Waals surface area contributed by atoms with Crippen LogP contribution in [0.15, 0.2) is 0 Å². The van der Waals surface area contributed by atoms with Gasteiger partial charge in [-0.2, -0.15) is 0 Å². The molecule has 2 aliphatic rings. The second-order valence-electron chi connectivity index (χ2n) is 3.81. The van der Waals surface area contributed by atoms with Gasteiger partial charge in [-0.3, -0.25) is 4.90 Å². The van der Waals surface area contributed by atoms with Crippen molar-refractivity contribution in [3.8, 4) is 12.3 Å². The minimum atomic E-state index is 0.853. The summed E-state index contributed by atoms with van der Waals surface area (Å²) in [5.41, 5.74) is 0. The van der Waals surface area contributed by atoms with E-state index in [1.165, 1.54) is 32.2 Å². The Labute approximate surface area is 68.8 Å². The van der Waals surface area contributed by atoms with Crippen molar-refractivity contribution in [3.63, 3.8) is 0 Å². The van der Waals surface area contributed by atoms with Crippen LogP contribution in [0.5, 0.6) is 0 Å². The number of terminal acetylenes is 1. The molecule has 0 unspecified atom stereocenters. The fourth-order valence-corrected chi connectivity index (χ4v) is 1.53. The van der Waals surface area contributed by atoms with Crippen LogP contribution in [0, 0.1) is 18.3 Å². The van der Waals surface area contributed by atoms with Gasteiger partial charge in [-0.15, -0.1) is 6.42 Å². The summed E-state index contributed by atoms with van der Waals surface area (Å²) >= 11 is 0. The third kappa shape index (κ3) is 1.97. The first-order valence-electron chi connectivity index (χ1n) is 4.57. The van der Waals surface area contributed by atoms with E-state index in [-0.39, 0.29) is 0 Å². The van der Waals surface area contributed by atoms with Crippen LogP contribution in [-0.2, 0) is 0 Å². The molecule has 0 saturated heterocycles. The zero-order valence-electron chi connectivity index (χ0n) is 6.92. The summed E-state index contributed by atoms with van der Waals surface area (Å²) in [5, 5.41) is 0. The molecule has 0 aromatic rings. The van der Waals surface area contributed by atoms with Crippen LogP contribution in [-0.4, -0.2) is 24.0 Å². The maximum Gasteiger partial charge on any atom is 0.0601 e. The first kappa shape index (κ1) is 7.18. The molecular formula is C10H15N. The average molecular weight is 149 g/mol. The number of nitrogens with zero attached hydrogens (tertiary/aromatic N) is 1. The standard InChI is InChI=1S/C10H15N/c1-2-7-11(10-5-6-10)8-9-3-4-9/h1,9-10H,3-8H2. The van der Waals surface area contributed by atoms with Crippen LogP contribution in [0.3, 0.4) is 0 Å². The zero-order chi connectivity index (χ0) is 7.68. The average Bonchev–Trinajstić information content (AvgIpc) is 2.84. The summed E-state index contributed by atoms with van der Waals surface area (Å²) in [6.07, 6.45) is 10.9. The van der Waals surface area contributed by atoms with Gasteiger partial charge in [-0.1, -0.05) is 5.92 Å². The van der Waals surface area contributed by atoms with Crippen molar-refractivity contribution < 1.29 is 0 Å². The summed E-state index contributed by atoms with van der Waals surface area (Å²) in [7, 11) is 0. The minimum absolute atomic E-state index is 0.853. The molecule has 60 valence electrons. The van der Waals surface area contributed by atoms with Crippen molar-refractivity contribution in [2.75, 3.05) is 13.1 Å². The van der Waals surface area contributed by atoms with E-state index in [0.29, 0.717) is 0 Å². The Hall–Kier alpha value is -0.480. The van der Waals surface area contributed by atoms with E-state index in [4.69, 9.17) is 6.42 Å². The van der Waals surface area contributed by atoms with E-state index in [0.717, 1.165) is 18.5 Å². The van der Waals surface area contributed by atoms with Gasteiger partial charge in [0.15, 0.2) is 0 Å². The van der Waals surface area contributed by atoms with Gasteiger partial charge < -0.3 is 0 Å². The molecule has 2 fully saturated rings. The molecular weight excluding hydrogens is 134 g/mol. The van der Waals surface area contributed by atoms with E-state index in [1.54, 1.807) is 0 Å². The van der Waals surface area contributed by atoms with Crippen molar-refractivity contribution >= 4 is 0 Å². The van der Waals surface area contributed by atoms with Crippen LogP contribution in [0.25, 0.3) is 0 Å². The van der Waals surface area contributed by atoms with Gasteiger partial charge in [0.1, 0.15) is 0 Å². The predicted octanol–water partition coefficient (Wildman–Crippen LogP) is 1.49. The number of hydrogen-bond donors (Lipinski definition) is 0. The minimum Gasteiger partial charge on any atom is -0.289 e. The summed E-state index contributed by atoms with van der Waals surface area (Å²) in [5.74, 6) is 3.74. The maximum absolute atomic E-state index is 5.30. The lowest BCUT2D eigenvalue weighted by Gasteiger charge is -2.18. The van der Waals surface area contributed by atoms with E-state index in [9.17, 15) is 0 Å². The molecule has 0 heterocycles. The molecule has 2 rings (SSSR count). The van der Waals surface area contributed by atoms with E-state index in [2.05, 4.69) is 10.8 Å². The Morgan fingerprint density at radius 1 is 1.27 bits per heavy atom. The third-order valence-corrected chi connectivity index (χ3v) is 2.55. The van der Waals surface area contributed by atoms with Gasteiger partial charge in [0.25, 0.3) is 0 Å². The van der Waals surface area contributed by atoms with Gasteiger partial charge in [-0.05, 0) is 31.6 Å². The van der Waals surface area contributed by atoms with E-state index < -0.39 is 0 Å². The molecule has 11 heavy (non-hydrogen) atoms. The van der Waals surface area contributed by atoms with Gasteiger partial charge in [0, 0.05) is 12.6 Å². The number of hydrogen-bond acceptors (Lipinski definition) is 1. The normalized spacial score (nSPS) is 23.6. The van der Waals surface area contributed by atoms with Gasteiger partial charge in [-0.25, -0.2) is 0 Å². The van der Waals surface area contributed by atoms with Crippen LogP contribution in [0.1, 0.15) is 25.7 Å². The molecule has 0 spiro atoms. The molecule has 1 heteroatoms. The molecule has 0 aromatic carbocycles. The van der Waals surface area contributed by atoms with E-state index in [1.807, 2.05) is 0 Å². The molecule has 0 radical (unpaired) electrons. The van der Waals surface area contributed by atoms with Gasteiger partial charge in [0.2, 0.25) is 0 Å². The highest BCUT2D eigenvalue weighted by Crippen LogP contribution is 2.34. The highest BCUT2D eigenvalue weighted by Gasteiger charge is 2.32. The summed E-state index contributed by atoms with van der Waals surface area (Å²) < 4.78 is 0. The van der Waals surface area contributed by atoms with E-state index >= 15 is 0 Å². The molecule has 0 bridgehead atoms. The largest absolute Gasteiger partial charge is 0.289 e. The molecule has 0 amide bonds. The molecule has 0 atom stereocenters. The Kier molecular flexibility index (Phi) is 1.87. The molecule has 0 N–H and O–H groups in total. The highest BCUT2D eigenvalue weighted by atomic mass is 15.2. The maximum atomic E-state index is 5.30. The second-order valence-corrected chi connectivity index (χ2v) is 3.81. The second kappa shape index (κ2) is 2.87. The lowest BCUT2D eigenvalue weighted by molar-refractivity contribution is 0.284.